The van der Waals surface area contributed by atoms with Gasteiger partial charge in [0.15, 0.2) is 0 Å². The van der Waals surface area contributed by atoms with Gasteiger partial charge in [-0.2, -0.15) is 0 Å². The predicted molar refractivity (Wildman–Crippen MR) is 85.5 cm³/mol. The van der Waals surface area contributed by atoms with Gasteiger partial charge in [0.1, 0.15) is 0 Å². The SMILES string of the molecule is Cc1cc(C)c(CN2CCc3ccccc3C2=O)c(C)c1. The van der Waals surface area contributed by atoms with Gasteiger partial charge in [-0.3, -0.25) is 4.79 Å². The van der Waals surface area contributed by atoms with E-state index in [1.54, 1.807) is 0 Å². The molecule has 108 valence electrons. The van der Waals surface area contributed by atoms with Gasteiger partial charge < -0.3 is 4.90 Å². The molecule has 1 aliphatic rings. The van der Waals surface area contributed by atoms with Crippen molar-refractivity contribution >= 4 is 5.91 Å². The summed E-state index contributed by atoms with van der Waals surface area (Å²) in [6.45, 7) is 7.91. The van der Waals surface area contributed by atoms with Gasteiger partial charge in [0.05, 0.1) is 0 Å². The van der Waals surface area contributed by atoms with Crippen molar-refractivity contribution in [1.82, 2.24) is 4.90 Å². The first-order valence-electron chi connectivity index (χ1n) is 7.50. The number of fused-ring (bicyclic) bond motifs is 1. The largest absolute Gasteiger partial charge is 0.334 e. The highest BCUT2D eigenvalue weighted by Gasteiger charge is 2.24. The lowest BCUT2D eigenvalue weighted by Gasteiger charge is -2.29. The molecule has 21 heavy (non-hydrogen) atoms. The first-order chi connectivity index (χ1) is 10.1. The van der Waals surface area contributed by atoms with E-state index < -0.39 is 0 Å². The second-order valence-electron chi connectivity index (χ2n) is 6.01. The maximum Gasteiger partial charge on any atom is 0.254 e. The molecule has 0 aromatic heterocycles. The molecular weight excluding hydrogens is 258 g/mol. The summed E-state index contributed by atoms with van der Waals surface area (Å²) in [5, 5.41) is 0. The summed E-state index contributed by atoms with van der Waals surface area (Å²) in [6.07, 6.45) is 0.950. The molecule has 0 saturated carbocycles. The topological polar surface area (TPSA) is 20.3 Å². The van der Waals surface area contributed by atoms with Crippen LogP contribution < -0.4 is 0 Å². The minimum atomic E-state index is 0.163. The molecule has 3 rings (SSSR count). The lowest BCUT2D eigenvalue weighted by atomic mass is 9.96. The van der Waals surface area contributed by atoms with Gasteiger partial charge in [-0.05, 0) is 55.5 Å². The fourth-order valence-electron chi connectivity index (χ4n) is 3.28. The first kappa shape index (κ1) is 13.9. The average Bonchev–Trinajstić information content (AvgIpc) is 2.45. The van der Waals surface area contributed by atoms with Crippen LogP contribution in [0.5, 0.6) is 0 Å². The standard InChI is InChI=1S/C19H21NO/c1-13-10-14(2)18(15(3)11-13)12-20-9-8-16-6-4-5-7-17(16)19(20)21/h4-7,10-11H,8-9,12H2,1-3H3. The van der Waals surface area contributed by atoms with Crippen LogP contribution in [-0.2, 0) is 13.0 Å². The van der Waals surface area contributed by atoms with Crippen LogP contribution in [0, 0.1) is 20.8 Å². The quantitative estimate of drug-likeness (QED) is 0.818. The second kappa shape index (κ2) is 5.36. The molecule has 2 aromatic rings. The molecule has 0 saturated heterocycles. The number of carbonyl (C=O) groups is 1. The van der Waals surface area contributed by atoms with Crippen LogP contribution in [0.2, 0.25) is 0 Å². The van der Waals surface area contributed by atoms with Crippen molar-refractivity contribution in [2.75, 3.05) is 6.54 Å². The van der Waals surface area contributed by atoms with E-state index in [0.29, 0.717) is 6.54 Å². The van der Waals surface area contributed by atoms with Gasteiger partial charge >= 0.3 is 0 Å². The van der Waals surface area contributed by atoms with E-state index in [1.165, 1.54) is 27.8 Å². The fourth-order valence-corrected chi connectivity index (χ4v) is 3.28. The Kier molecular flexibility index (Phi) is 3.54. The van der Waals surface area contributed by atoms with Crippen LogP contribution in [0.4, 0.5) is 0 Å². The lowest BCUT2D eigenvalue weighted by molar-refractivity contribution is 0.0726. The number of hydrogen-bond donors (Lipinski definition) is 0. The Morgan fingerprint density at radius 2 is 1.71 bits per heavy atom. The fraction of sp³-hybridized carbons (Fsp3) is 0.316. The number of hydrogen-bond acceptors (Lipinski definition) is 1. The lowest BCUT2D eigenvalue weighted by Crippen LogP contribution is -2.37. The molecule has 0 aliphatic carbocycles. The van der Waals surface area contributed by atoms with Gasteiger partial charge in [-0.1, -0.05) is 35.9 Å². The molecule has 1 aliphatic heterocycles. The monoisotopic (exact) mass is 279 g/mol. The van der Waals surface area contributed by atoms with Crippen molar-refractivity contribution in [3.05, 3.63) is 69.8 Å². The zero-order valence-corrected chi connectivity index (χ0v) is 12.9. The van der Waals surface area contributed by atoms with E-state index >= 15 is 0 Å². The second-order valence-corrected chi connectivity index (χ2v) is 6.01. The van der Waals surface area contributed by atoms with Gasteiger partial charge in [0.25, 0.3) is 5.91 Å². The van der Waals surface area contributed by atoms with E-state index in [2.05, 4.69) is 39.0 Å². The molecule has 0 unspecified atom stereocenters. The Balaban J connectivity index is 1.89. The summed E-state index contributed by atoms with van der Waals surface area (Å²) in [4.78, 5) is 14.6. The van der Waals surface area contributed by atoms with E-state index in [1.807, 2.05) is 23.1 Å². The average molecular weight is 279 g/mol. The Morgan fingerprint density at radius 1 is 1.05 bits per heavy atom. The molecule has 2 aromatic carbocycles. The third-order valence-electron chi connectivity index (χ3n) is 4.38. The third-order valence-corrected chi connectivity index (χ3v) is 4.38. The number of amides is 1. The summed E-state index contributed by atoms with van der Waals surface area (Å²) in [5.41, 5.74) is 7.16. The van der Waals surface area contributed by atoms with Crippen molar-refractivity contribution < 1.29 is 4.79 Å². The van der Waals surface area contributed by atoms with Crippen LogP contribution in [-0.4, -0.2) is 17.4 Å². The van der Waals surface area contributed by atoms with Crippen molar-refractivity contribution in [1.29, 1.82) is 0 Å². The zero-order valence-electron chi connectivity index (χ0n) is 12.9. The zero-order chi connectivity index (χ0) is 15.0. The molecule has 1 amide bonds. The molecule has 0 bridgehead atoms. The molecule has 2 nitrogen and oxygen atoms in total. The number of rotatable bonds is 2. The molecule has 0 atom stereocenters. The number of nitrogens with zero attached hydrogens (tertiary/aromatic N) is 1. The molecule has 0 N–H and O–H groups in total. The number of aryl methyl sites for hydroxylation is 3. The van der Waals surface area contributed by atoms with Crippen LogP contribution in [0.25, 0.3) is 0 Å². The number of carbonyl (C=O) groups excluding carboxylic acids is 1. The summed E-state index contributed by atoms with van der Waals surface area (Å²) < 4.78 is 0. The molecule has 0 radical (unpaired) electrons. The summed E-state index contributed by atoms with van der Waals surface area (Å²) >= 11 is 0. The first-order valence-corrected chi connectivity index (χ1v) is 7.50. The van der Waals surface area contributed by atoms with Crippen LogP contribution >= 0.6 is 0 Å². The van der Waals surface area contributed by atoms with Gasteiger partial charge in [0, 0.05) is 18.7 Å². The molecule has 2 heteroatoms. The summed E-state index contributed by atoms with van der Waals surface area (Å²) in [6, 6.07) is 12.4. The molecule has 0 fully saturated rings. The minimum absolute atomic E-state index is 0.163. The van der Waals surface area contributed by atoms with Crippen molar-refractivity contribution in [3.63, 3.8) is 0 Å². The van der Waals surface area contributed by atoms with E-state index in [9.17, 15) is 4.79 Å². The Morgan fingerprint density at radius 3 is 2.43 bits per heavy atom. The third kappa shape index (κ3) is 2.58. The molecular formula is C19H21NO. The summed E-state index contributed by atoms with van der Waals surface area (Å²) in [5.74, 6) is 0.163. The predicted octanol–water partition coefficient (Wildman–Crippen LogP) is 3.81. The van der Waals surface area contributed by atoms with Crippen LogP contribution in [0.15, 0.2) is 36.4 Å². The highest BCUT2D eigenvalue weighted by molar-refractivity contribution is 5.96. The van der Waals surface area contributed by atoms with Gasteiger partial charge in [0.2, 0.25) is 0 Å². The van der Waals surface area contributed by atoms with E-state index in [0.717, 1.165) is 18.5 Å². The van der Waals surface area contributed by atoms with Crippen molar-refractivity contribution in [2.24, 2.45) is 0 Å². The highest BCUT2D eigenvalue weighted by atomic mass is 16.2. The molecule has 0 spiro atoms. The van der Waals surface area contributed by atoms with Crippen molar-refractivity contribution in [2.45, 2.75) is 33.7 Å². The Bertz CT molecular complexity index is 679. The van der Waals surface area contributed by atoms with Gasteiger partial charge in [-0.25, -0.2) is 0 Å². The minimum Gasteiger partial charge on any atom is -0.334 e. The van der Waals surface area contributed by atoms with Gasteiger partial charge in [-0.15, -0.1) is 0 Å². The highest BCUT2D eigenvalue weighted by Crippen LogP contribution is 2.23. The maximum absolute atomic E-state index is 12.6. The Labute approximate surface area is 126 Å². The smallest absolute Gasteiger partial charge is 0.254 e. The van der Waals surface area contributed by atoms with Crippen LogP contribution in [0.3, 0.4) is 0 Å². The summed E-state index contributed by atoms with van der Waals surface area (Å²) in [7, 11) is 0. The van der Waals surface area contributed by atoms with E-state index in [4.69, 9.17) is 0 Å². The maximum atomic E-state index is 12.6. The number of benzene rings is 2. The molecule has 1 heterocycles. The Hall–Kier alpha value is -2.09. The van der Waals surface area contributed by atoms with Crippen LogP contribution in [0.1, 0.15) is 38.2 Å². The normalized spacial score (nSPS) is 14.2. The van der Waals surface area contributed by atoms with Crippen molar-refractivity contribution in [3.8, 4) is 0 Å². The van der Waals surface area contributed by atoms with E-state index in [-0.39, 0.29) is 5.91 Å².